The van der Waals surface area contributed by atoms with Crippen molar-refractivity contribution >= 4 is 29.4 Å². The molecule has 144 valence electrons. The minimum absolute atomic E-state index is 0.0878. The summed E-state index contributed by atoms with van der Waals surface area (Å²) < 4.78 is 0. The van der Waals surface area contributed by atoms with Crippen molar-refractivity contribution in [2.24, 2.45) is 11.7 Å². The molecule has 0 aliphatic heterocycles. The Balaban J connectivity index is 2.94. The van der Waals surface area contributed by atoms with Gasteiger partial charge in [-0.2, -0.15) is 0 Å². The number of nitrogens with one attached hydrogen (secondary N) is 2. The number of amides is 2. The highest BCUT2D eigenvalue weighted by Crippen LogP contribution is 2.12. The predicted octanol–water partition coefficient (Wildman–Crippen LogP) is 1.33. The standard InChI is InChI=1S/C18H26ClN3O4/c1-10(2)8-15(18(25)26)22-17(24)14(21-16(23)11(3)20)9-12-4-6-13(19)7-5-12/h4-7,10-11,14-15H,8-9,20H2,1-3H3,(H,21,23)(H,22,24)(H,25,26)/t11-,14-,15-/m0/s1. The SMILES string of the molecule is CC(C)C[C@H](NC(=O)[C@H](Cc1ccc(Cl)cc1)NC(=O)[C@H](C)N)C(=O)O. The molecular formula is C18H26ClN3O4. The molecule has 0 heterocycles. The number of halogens is 1. The molecule has 0 radical (unpaired) electrons. The second-order valence-electron chi connectivity index (χ2n) is 6.71. The van der Waals surface area contributed by atoms with Crippen molar-refractivity contribution in [1.29, 1.82) is 0 Å². The minimum Gasteiger partial charge on any atom is -0.480 e. The molecule has 1 rings (SSSR count). The smallest absolute Gasteiger partial charge is 0.326 e. The van der Waals surface area contributed by atoms with Gasteiger partial charge in [-0.25, -0.2) is 4.79 Å². The molecule has 0 saturated carbocycles. The lowest BCUT2D eigenvalue weighted by Crippen LogP contribution is -2.55. The number of benzene rings is 1. The predicted molar refractivity (Wildman–Crippen MR) is 99.8 cm³/mol. The molecule has 0 spiro atoms. The molecule has 1 aromatic carbocycles. The maximum absolute atomic E-state index is 12.6. The van der Waals surface area contributed by atoms with E-state index in [0.29, 0.717) is 5.02 Å². The molecule has 2 amide bonds. The molecule has 0 fully saturated rings. The molecule has 0 aliphatic carbocycles. The van der Waals surface area contributed by atoms with Gasteiger partial charge >= 0.3 is 5.97 Å². The highest BCUT2D eigenvalue weighted by molar-refractivity contribution is 6.30. The second kappa shape index (κ2) is 10.1. The van der Waals surface area contributed by atoms with Gasteiger partial charge in [0, 0.05) is 11.4 Å². The summed E-state index contributed by atoms with van der Waals surface area (Å²) in [7, 11) is 0. The fourth-order valence-corrected chi connectivity index (χ4v) is 2.46. The maximum Gasteiger partial charge on any atom is 0.326 e. The van der Waals surface area contributed by atoms with Gasteiger partial charge in [-0.3, -0.25) is 9.59 Å². The van der Waals surface area contributed by atoms with Crippen molar-refractivity contribution in [2.75, 3.05) is 0 Å². The Bertz CT molecular complexity index is 632. The van der Waals surface area contributed by atoms with Gasteiger partial charge in [0.2, 0.25) is 11.8 Å². The number of aliphatic carboxylic acids is 1. The van der Waals surface area contributed by atoms with Crippen molar-refractivity contribution in [1.82, 2.24) is 10.6 Å². The molecule has 8 heteroatoms. The average molecular weight is 384 g/mol. The third kappa shape index (κ3) is 7.41. The van der Waals surface area contributed by atoms with Gasteiger partial charge in [0.25, 0.3) is 0 Å². The third-order valence-electron chi connectivity index (χ3n) is 3.72. The van der Waals surface area contributed by atoms with Gasteiger partial charge in [0.15, 0.2) is 0 Å². The van der Waals surface area contributed by atoms with Gasteiger partial charge < -0.3 is 21.5 Å². The first-order valence-corrected chi connectivity index (χ1v) is 8.81. The van der Waals surface area contributed by atoms with Crippen molar-refractivity contribution in [3.05, 3.63) is 34.9 Å². The molecule has 1 aromatic rings. The summed E-state index contributed by atoms with van der Waals surface area (Å²) >= 11 is 5.86. The fourth-order valence-electron chi connectivity index (χ4n) is 2.33. The molecule has 0 aliphatic rings. The van der Waals surface area contributed by atoms with Crippen LogP contribution in [0.2, 0.25) is 5.02 Å². The van der Waals surface area contributed by atoms with Gasteiger partial charge in [-0.05, 0) is 37.0 Å². The number of carbonyl (C=O) groups excluding carboxylic acids is 2. The lowest BCUT2D eigenvalue weighted by molar-refractivity contribution is -0.142. The maximum atomic E-state index is 12.6. The van der Waals surface area contributed by atoms with Gasteiger partial charge in [0.05, 0.1) is 6.04 Å². The molecule has 0 saturated heterocycles. The number of carboxylic acids is 1. The van der Waals surface area contributed by atoms with E-state index < -0.39 is 35.9 Å². The summed E-state index contributed by atoms with van der Waals surface area (Å²) in [4.78, 5) is 35.9. The Morgan fingerprint density at radius 3 is 2.04 bits per heavy atom. The Hall–Kier alpha value is -2.12. The Morgan fingerprint density at radius 1 is 1.04 bits per heavy atom. The Labute approximate surface area is 158 Å². The third-order valence-corrected chi connectivity index (χ3v) is 3.97. The van der Waals surface area contributed by atoms with Crippen LogP contribution in [0, 0.1) is 5.92 Å². The summed E-state index contributed by atoms with van der Waals surface area (Å²) in [6.07, 6.45) is 0.478. The normalized spacial score (nSPS) is 14.4. The van der Waals surface area contributed by atoms with Crippen LogP contribution in [-0.4, -0.2) is 41.0 Å². The van der Waals surface area contributed by atoms with Crippen LogP contribution >= 0.6 is 11.6 Å². The molecule has 7 nitrogen and oxygen atoms in total. The summed E-state index contributed by atoms with van der Waals surface area (Å²) in [5.41, 5.74) is 6.33. The van der Waals surface area contributed by atoms with E-state index in [2.05, 4.69) is 10.6 Å². The van der Waals surface area contributed by atoms with Crippen molar-refractivity contribution in [3.8, 4) is 0 Å². The van der Waals surface area contributed by atoms with E-state index in [1.807, 2.05) is 13.8 Å². The zero-order valence-corrected chi connectivity index (χ0v) is 15.9. The lowest BCUT2D eigenvalue weighted by Gasteiger charge is -2.23. The molecule has 0 aromatic heterocycles. The van der Waals surface area contributed by atoms with Crippen LogP contribution in [-0.2, 0) is 20.8 Å². The van der Waals surface area contributed by atoms with Crippen LogP contribution in [0.5, 0.6) is 0 Å². The highest BCUT2D eigenvalue weighted by atomic mass is 35.5. The number of hydrogen-bond donors (Lipinski definition) is 4. The first kappa shape index (κ1) is 21.9. The quantitative estimate of drug-likeness (QED) is 0.512. The van der Waals surface area contributed by atoms with Gasteiger partial charge in [-0.1, -0.05) is 37.6 Å². The molecule has 26 heavy (non-hydrogen) atoms. The van der Waals surface area contributed by atoms with Crippen LogP contribution in [0.4, 0.5) is 0 Å². The average Bonchev–Trinajstić information content (AvgIpc) is 2.54. The molecular weight excluding hydrogens is 358 g/mol. The number of hydrogen-bond acceptors (Lipinski definition) is 4. The van der Waals surface area contributed by atoms with Crippen molar-refractivity contribution in [3.63, 3.8) is 0 Å². The zero-order chi connectivity index (χ0) is 19.9. The highest BCUT2D eigenvalue weighted by Gasteiger charge is 2.27. The van der Waals surface area contributed by atoms with Gasteiger partial charge in [0.1, 0.15) is 12.1 Å². The minimum atomic E-state index is -1.11. The number of carboxylic acid groups (broad SMARTS) is 1. The van der Waals surface area contributed by atoms with E-state index in [0.717, 1.165) is 5.56 Å². The Kier molecular flexibility index (Phi) is 8.54. The van der Waals surface area contributed by atoms with Crippen molar-refractivity contribution in [2.45, 2.75) is 51.7 Å². The summed E-state index contributed by atoms with van der Waals surface area (Å²) in [5.74, 6) is -2.09. The van der Waals surface area contributed by atoms with Crippen LogP contribution in [0.3, 0.4) is 0 Å². The van der Waals surface area contributed by atoms with Gasteiger partial charge in [-0.15, -0.1) is 0 Å². The number of nitrogens with two attached hydrogens (primary N) is 1. The lowest BCUT2D eigenvalue weighted by atomic mass is 10.0. The van der Waals surface area contributed by atoms with Crippen LogP contribution in [0.15, 0.2) is 24.3 Å². The first-order chi connectivity index (χ1) is 12.1. The van der Waals surface area contributed by atoms with E-state index in [1.54, 1.807) is 24.3 Å². The van der Waals surface area contributed by atoms with E-state index >= 15 is 0 Å². The number of rotatable bonds is 9. The molecule has 5 N–H and O–H groups in total. The Morgan fingerprint density at radius 2 is 1.58 bits per heavy atom. The molecule has 0 unspecified atom stereocenters. The summed E-state index contributed by atoms with van der Waals surface area (Å²) in [6, 6.07) is 4.08. The monoisotopic (exact) mass is 383 g/mol. The fraction of sp³-hybridized carbons (Fsp3) is 0.500. The van der Waals surface area contributed by atoms with E-state index in [-0.39, 0.29) is 18.8 Å². The van der Waals surface area contributed by atoms with Crippen LogP contribution in [0.25, 0.3) is 0 Å². The molecule has 0 bridgehead atoms. The summed E-state index contributed by atoms with van der Waals surface area (Å²) in [5, 5.41) is 14.9. The van der Waals surface area contributed by atoms with Crippen molar-refractivity contribution < 1.29 is 19.5 Å². The van der Waals surface area contributed by atoms with Crippen LogP contribution in [0.1, 0.15) is 32.8 Å². The number of carbonyl (C=O) groups is 3. The van der Waals surface area contributed by atoms with Crippen LogP contribution < -0.4 is 16.4 Å². The zero-order valence-electron chi connectivity index (χ0n) is 15.2. The topological polar surface area (TPSA) is 122 Å². The second-order valence-corrected chi connectivity index (χ2v) is 7.15. The first-order valence-electron chi connectivity index (χ1n) is 8.43. The van der Waals surface area contributed by atoms with E-state index in [9.17, 15) is 19.5 Å². The summed E-state index contributed by atoms with van der Waals surface area (Å²) in [6.45, 7) is 5.24. The largest absolute Gasteiger partial charge is 0.480 e. The van der Waals surface area contributed by atoms with E-state index in [4.69, 9.17) is 17.3 Å². The van der Waals surface area contributed by atoms with E-state index in [1.165, 1.54) is 6.92 Å². The molecule has 3 atom stereocenters.